The van der Waals surface area contributed by atoms with E-state index in [9.17, 15) is 9.59 Å². The fourth-order valence-electron chi connectivity index (χ4n) is 3.15. The molecule has 1 heterocycles. The van der Waals surface area contributed by atoms with E-state index in [0.29, 0.717) is 18.0 Å². The van der Waals surface area contributed by atoms with E-state index in [1.807, 2.05) is 44.2 Å². The van der Waals surface area contributed by atoms with Gasteiger partial charge in [-0.2, -0.15) is 0 Å². The van der Waals surface area contributed by atoms with E-state index in [4.69, 9.17) is 11.6 Å². The lowest BCUT2D eigenvalue weighted by Crippen LogP contribution is -2.32. The van der Waals surface area contributed by atoms with Crippen LogP contribution in [0.4, 0.5) is 17.1 Å². The third kappa shape index (κ3) is 4.42. The lowest BCUT2D eigenvalue weighted by Gasteiger charge is -2.20. The third-order valence-electron chi connectivity index (χ3n) is 4.74. The highest BCUT2D eigenvalue weighted by atomic mass is 35.5. The van der Waals surface area contributed by atoms with Crippen molar-refractivity contribution in [3.8, 4) is 0 Å². The Morgan fingerprint density at radius 2 is 1.96 bits per heavy atom. The van der Waals surface area contributed by atoms with Crippen LogP contribution in [0.5, 0.6) is 0 Å². The van der Waals surface area contributed by atoms with Gasteiger partial charge in [0.25, 0.3) is 0 Å². The molecular weight excluding hydrogens is 362 g/mol. The van der Waals surface area contributed by atoms with Crippen LogP contribution in [0, 0.1) is 13.8 Å². The highest BCUT2D eigenvalue weighted by Gasteiger charge is 2.24. The second kappa shape index (κ2) is 8.01. The number of hydrogen-bond donors (Lipinski definition) is 2. The predicted molar refractivity (Wildman–Crippen MR) is 111 cm³/mol. The van der Waals surface area contributed by atoms with Crippen molar-refractivity contribution in [2.24, 2.45) is 0 Å². The number of halogens is 1. The molecule has 5 nitrogen and oxygen atoms in total. The van der Waals surface area contributed by atoms with Crippen LogP contribution >= 0.6 is 11.6 Å². The van der Waals surface area contributed by atoms with E-state index >= 15 is 0 Å². The van der Waals surface area contributed by atoms with Crippen molar-refractivity contribution in [3.05, 3.63) is 52.5 Å². The molecule has 0 aromatic heterocycles. The van der Waals surface area contributed by atoms with Gasteiger partial charge in [0.1, 0.15) is 6.04 Å². The average Bonchev–Trinajstić information content (AvgIpc) is 3.04. The van der Waals surface area contributed by atoms with Crippen molar-refractivity contribution in [2.45, 2.75) is 39.7 Å². The average molecular weight is 386 g/mol. The first-order valence-electron chi connectivity index (χ1n) is 9.09. The van der Waals surface area contributed by atoms with Gasteiger partial charge in [-0.1, -0.05) is 23.7 Å². The molecule has 1 fully saturated rings. The summed E-state index contributed by atoms with van der Waals surface area (Å²) in [5, 5.41) is 6.62. The van der Waals surface area contributed by atoms with E-state index in [0.717, 1.165) is 34.6 Å². The van der Waals surface area contributed by atoms with Gasteiger partial charge in [0.05, 0.1) is 10.7 Å². The first-order chi connectivity index (χ1) is 12.8. The van der Waals surface area contributed by atoms with E-state index in [1.54, 1.807) is 17.9 Å². The van der Waals surface area contributed by atoms with Gasteiger partial charge in [0.15, 0.2) is 0 Å². The van der Waals surface area contributed by atoms with Crippen molar-refractivity contribution in [3.63, 3.8) is 0 Å². The van der Waals surface area contributed by atoms with E-state index in [1.165, 1.54) is 0 Å². The number of carbonyl (C=O) groups is 2. The van der Waals surface area contributed by atoms with Gasteiger partial charge in [0, 0.05) is 24.3 Å². The van der Waals surface area contributed by atoms with Crippen LogP contribution in [0.25, 0.3) is 0 Å². The molecule has 0 unspecified atom stereocenters. The van der Waals surface area contributed by atoms with Crippen LogP contribution < -0.4 is 15.5 Å². The minimum atomic E-state index is -0.444. The molecule has 142 valence electrons. The number of anilines is 3. The fourth-order valence-corrected chi connectivity index (χ4v) is 3.43. The molecule has 1 aliphatic heterocycles. The van der Waals surface area contributed by atoms with Gasteiger partial charge < -0.3 is 15.5 Å². The number of amides is 2. The van der Waals surface area contributed by atoms with Crippen molar-refractivity contribution >= 4 is 40.5 Å². The maximum Gasteiger partial charge on any atom is 0.246 e. The van der Waals surface area contributed by atoms with Crippen LogP contribution in [0.2, 0.25) is 5.02 Å². The molecule has 2 aromatic carbocycles. The van der Waals surface area contributed by atoms with Gasteiger partial charge in [-0.05, 0) is 62.6 Å². The van der Waals surface area contributed by atoms with Gasteiger partial charge in [-0.3, -0.25) is 9.59 Å². The van der Waals surface area contributed by atoms with E-state index < -0.39 is 6.04 Å². The highest BCUT2D eigenvalue weighted by Crippen LogP contribution is 2.32. The summed E-state index contributed by atoms with van der Waals surface area (Å²) in [5.41, 5.74) is 4.38. The number of nitrogens with one attached hydrogen (secondary N) is 2. The van der Waals surface area contributed by atoms with Crippen LogP contribution in [-0.2, 0) is 9.59 Å². The number of rotatable bonds is 5. The molecule has 1 saturated heterocycles. The molecule has 0 saturated carbocycles. The summed E-state index contributed by atoms with van der Waals surface area (Å²) in [5.74, 6) is -0.0301. The Bertz CT molecular complexity index is 882. The molecule has 0 bridgehead atoms. The maximum atomic E-state index is 12.5. The van der Waals surface area contributed by atoms with E-state index in [2.05, 4.69) is 10.6 Å². The zero-order valence-electron chi connectivity index (χ0n) is 15.8. The largest absolute Gasteiger partial charge is 0.374 e. The Balaban J connectivity index is 1.67. The normalized spacial score (nSPS) is 15.0. The predicted octanol–water partition coefficient (Wildman–Crippen LogP) is 4.52. The zero-order chi connectivity index (χ0) is 19.6. The van der Waals surface area contributed by atoms with Gasteiger partial charge >= 0.3 is 0 Å². The summed E-state index contributed by atoms with van der Waals surface area (Å²) in [6.07, 6.45) is 1.41. The van der Waals surface area contributed by atoms with E-state index in [-0.39, 0.29) is 11.8 Å². The summed E-state index contributed by atoms with van der Waals surface area (Å²) in [7, 11) is 0. The minimum Gasteiger partial charge on any atom is -0.374 e. The molecule has 27 heavy (non-hydrogen) atoms. The van der Waals surface area contributed by atoms with Gasteiger partial charge in [-0.25, -0.2) is 0 Å². The first kappa shape index (κ1) is 19.2. The van der Waals surface area contributed by atoms with Crippen LogP contribution in [0.15, 0.2) is 36.4 Å². The maximum absolute atomic E-state index is 12.5. The van der Waals surface area contributed by atoms with Gasteiger partial charge in [-0.15, -0.1) is 0 Å². The monoisotopic (exact) mass is 385 g/mol. The van der Waals surface area contributed by atoms with Crippen molar-refractivity contribution in [2.75, 3.05) is 22.1 Å². The summed E-state index contributed by atoms with van der Waals surface area (Å²) in [6.45, 7) is 6.45. The molecule has 6 heteroatoms. The van der Waals surface area contributed by atoms with Crippen LogP contribution in [-0.4, -0.2) is 24.4 Å². The Kier molecular flexibility index (Phi) is 5.71. The lowest BCUT2D eigenvalue weighted by atomic mass is 10.1. The second-order valence-electron chi connectivity index (χ2n) is 6.99. The second-order valence-corrected chi connectivity index (χ2v) is 7.40. The van der Waals surface area contributed by atoms with Gasteiger partial charge in [0.2, 0.25) is 11.8 Å². The Morgan fingerprint density at radius 1 is 1.19 bits per heavy atom. The molecule has 2 aromatic rings. The number of benzene rings is 2. The van der Waals surface area contributed by atoms with Crippen molar-refractivity contribution in [1.82, 2.24) is 0 Å². The summed E-state index contributed by atoms with van der Waals surface area (Å²) in [6, 6.07) is 10.9. The third-order valence-corrected chi connectivity index (χ3v) is 5.04. The summed E-state index contributed by atoms with van der Waals surface area (Å²) in [4.78, 5) is 26.1. The smallest absolute Gasteiger partial charge is 0.246 e. The fraction of sp³-hybridized carbons (Fsp3) is 0.333. The van der Waals surface area contributed by atoms with Crippen LogP contribution in [0.3, 0.4) is 0 Å². The topological polar surface area (TPSA) is 61.4 Å². The Labute approximate surface area is 164 Å². The summed E-state index contributed by atoms with van der Waals surface area (Å²) < 4.78 is 0. The summed E-state index contributed by atoms with van der Waals surface area (Å²) >= 11 is 6.37. The Morgan fingerprint density at radius 3 is 2.63 bits per heavy atom. The van der Waals surface area contributed by atoms with Crippen molar-refractivity contribution < 1.29 is 9.59 Å². The van der Waals surface area contributed by atoms with Crippen LogP contribution in [0.1, 0.15) is 30.9 Å². The molecule has 1 aliphatic rings. The number of hydrogen-bond acceptors (Lipinski definition) is 3. The molecule has 0 aliphatic carbocycles. The molecule has 3 rings (SSSR count). The molecular formula is C21H24ClN3O2. The lowest BCUT2D eigenvalue weighted by molar-refractivity contribution is -0.117. The van der Waals surface area contributed by atoms with Crippen molar-refractivity contribution in [1.29, 1.82) is 0 Å². The molecule has 0 spiro atoms. The Hall–Kier alpha value is -2.53. The minimum absolute atomic E-state index is 0.0962. The quantitative estimate of drug-likeness (QED) is 0.795. The molecule has 0 radical (unpaired) electrons. The number of carbonyl (C=O) groups excluding carboxylic acids is 2. The molecule has 1 atom stereocenters. The zero-order valence-corrected chi connectivity index (χ0v) is 16.6. The first-order valence-corrected chi connectivity index (χ1v) is 9.47. The number of nitrogens with zero attached hydrogens (tertiary/aromatic N) is 1. The molecule has 2 N–H and O–H groups in total. The highest BCUT2D eigenvalue weighted by molar-refractivity contribution is 6.34. The SMILES string of the molecule is Cc1ccc(C)c(NC(=O)[C@H](C)Nc2ccc(N3CCCC3=O)c(Cl)c2)c1. The number of aryl methyl sites for hydroxylation is 2. The standard InChI is InChI=1S/C21H24ClN3O2/c1-13-6-7-14(2)18(11-13)24-21(27)15(3)23-16-8-9-19(17(22)12-16)25-10-4-5-20(25)26/h6-9,11-12,15,23H,4-5,10H2,1-3H3,(H,24,27)/t15-/m0/s1. The molecule has 2 amide bonds.